The van der Waals surface area contributed by atoms with Gasteiger partial charge in [-0.05, 0) is 38.5 Å². The van der Waals surface area contributed by atoms with Gasteiger partial charge in [0.15, 0.2) is 6.61 Å². The summed E-state index contributed by atoms with van der Waals surface area (Å²) in [6, 6.07) is 14.4. The molecule has 0 saturated heterocycles. The lowest BCUT2D eigenvalue weighted by atomic mass is 10.0. The molecule has 0 heterocycles. The SMILES string of the molecule is COc1ccc(C(N)=O)c(OCC(=O)N(Cc2ccccc2)C(C)(C)C)c1. The van der Waals surface area contributed by atoms with Gasteiger partial charge in [-0.25, -0.2) is 0 Å². The van der Waals surface area contributed by atoms with E-state index in [-0.39, 0.29) is 23.8 Å². The number of nitrogens with two attached hydrogens (primary N) is 1. The molecule has 2 aromatic carbocycles. The van der Waals surface area contributed by atoms with Crippen LogP contribution in [0.2, 0.25) is 0 Å². The van der Waals surface area contributed by atoms with E-state index in [0.29, 0.717) is 12.3 Å². The van der Waals surface area contributed by atoms with Gasteiger partial charge in [0, 0.05) is 18.2 Å². The molecule has 2 aromatic rings. The Balaban J connectivity index is 2.17. The number of ether oxygens (including phenoxy) is 2. The molecule has 0 saturated carbocycles. The number of methoxy groups -OCH3 is 1. The van der Waals surface area contributed by atoms with Crippen LogP contribution < -0.4 is 15.2 Å². The van der Waals surface area contributed by atoms with E-state index >= 15 is 0 Å². The molecule has 0 aromatic heterocycles. The first kappa shape index (κ1) is 20.3. The third-order valence-electron chi connectivity index (χ3n) is 4.10. The van der Waals surface area contributed by atoms with Crippen molar-refractivity contribution in [2.75, 3.05) is 13.7 Å². The smallest absolute Gasteiger partial charge is 0.261 e. The van der Waals surface area contributed by atoms with Crippen LogP contribution in [0.4, 0.5) is 0 Å². The molecule has 27 heavy (non-hydrogen) atoms. The van der Waals surface area contributed by atoms with E-state index in [9.17, 15) is 9.59 Å². The predicted octanol–water partition coefficient (Wildman–Crippen LogP) is 3.00. The molecule has 2 N–H and O–H groups in total. The molecule has 0 radical (unpaired) electrons. The standard InChI is InChI=1S/C21H26N2O4/c1-21(2,3)23(13-15-8-6-5-7-9-15)19(24)14-27-18-12-16(26-4)10-11-17(18)20(22)25/h5-12H,13-14H2,1-4H3,(H2,22,25). The lowest BCUT2D eigenvalue weighted by Crippen LogP contribution is -2.47. The van der Waals surface area contributed by atoms with Crippen LogP contribution in [0.3, 0.4) is 0 Å². The second-order valence-corrected chi connectivity index (χ2v) is 7.15. The number of amides is 2. The van der Waals surface area contributed by atoms with Crippen molar-refractivity contribution < 1.29 is 19.1 Å². The Labute approximate surface area is 159 Å². The number of carbonyl (C=O) groups excluding carboxylic acids is 2. The topological polar surface area (TPSA) is 81.9 Å². The maximum Gasteiger partial charge on any atom is 0.261 e. The van der Waals surface area contributed by atoms with Crippen LogP contribution in [0, 0.1) is 0 Å². The fourth-order valence-corrected chi connectivity index (χ4v) is 2.64. The normalized spacial score (nSPS) is 11.0. The van der Waals surface area contributed by atoms with Crippen molar-refractivity contribution in [3.63, 3.8) is 0 Å². The molecule has 2 rings (SSSR count). The number of benzene rings is 2. The summed E-state index contributed by atoms with van der Waals surface area (Å²) in [6.45, 7) is 6.15. The molecule has 144 valence electrons. The third kappa shape index (κ3) is 5.48. The highest BCUT2D eigenvalue weighted by Gasteiger charge is 2.27. The molecule has 6 nitrogen and oxygen atoms in total. The van der Waals surface area contributed by atoms with Crippen LogP contribution in [0.5, 0.6) is 11.5 Å². The summed E-state index contributed by atoms with van der Waals surface area (Å²) in [5, 5.41) is 0. The second-order valence-electron chi connectivity index (χ2n) is 7.15. The van der Waals surface area contributed by atoms with Gasteiger partial charge in [-0.3, -0.25) is 9.59 Å². The van der Waals surface area contributed by atoms with Crippen molar-refractivity contribution in [3.8, 4) is 11.5 Å². The van der Waals surface area contributed by atoms with Gasteiger partial charge in [-0.15, -0.1) is 0 Å². The van der Waals surface area contributed by atoms with Gasteiger partial charge in [-0.2, -0.15) is 0 Å². The molecular formula is C21H26N2O4. The molecule has 0 bridgehead atoms. The first-order valence-corrected chi connectivity index (χ1v) is 8.67. The lowest BCUT2D eigenvalue weighted by molar-refractivity contribution is -0.139. The highest BCUT2D eigenvalue weighted by Crippen LogP contribution is 2.25. The van der Waals surface area contributed by atoms with E-state index in [0.717, 1.165) is 5.56 Å². The minimum atomic E-state index is -0.628. The second kappa shape index (κ2) is 8.58. The number of rotatable bonds is 7. The zero-order chi connectivity index (χ0) is 20.0. The first-order chi connectivity index (χ1) is 12.7. The van der Waals surface area contributed by atoms with Crippen LogP contribution in [0.1, 0.15) is 36.7 Å². The number of carbonyl (C=O) groups is 2. The Morgan fingerprint density at radius 2 is 1.74 bits per heavy atom. The summed E-state index contributed by atoms with van der Waals surface area (Å²) in [5.41, 5.74) is 6.23. The summed E-state index contributed by atoms with van der Waals surface area (Å²) in [6.07, 6.45) is 0. The van der Waals surface area contributed by atoms with Crippen molar-refractivity contribution in [2.45, 2.75) is 32.9 Å². The van der Waals surface area contributed by atoms with Gasteiger partial charge < -0.3 is 20.1 Å². The zero-order valence-electron chi connectivity index (χ0n) is 16.2. The van der Waals surface area contributed by atoms with Crippen molar-refractivity contribution in [1.29, 1.82) is 0 Å². The summed E-state index contributed by atoms with van der Waals surface area (Å²) >= 11 is 0. The Bertz CT molecular complexity index is 798. The molecule has 2 amide bonds. The van der Waals surface area contributed by atoms with Gasteiger partial charge >= 0.3 is 0 Å². The van der Waals surface area contributed by atoms with Crippen LogP contribution in [-0.2, 0) is 11.3 Å². The first-order valence-electron chi connectivity index (χ1n) is 8.67. The van der Waals surface area contributed by atoms with Gasteiger partial charge in [0.25, 0.3) is 11.8 Å². The van der Waals surface area contributed by atoms with E-state index in [4.69, 9.17) is 15.2 Å². The van der Waals surface area contributed by atoms with Gasteiger partial charge in [0.2, 0.25) is 0 Å². The molecule has 0 aliphatic heterocycles. The van der Waals surface area contributed by atoms with Crippen molar-refractivity contribution in [3.05, 3.63) is 59.7 Å². The molecule has 0 aliphatic rings. The van der Waals surface area contributed by atoms with E-state index in [2.05, 4.69) is 0 Å². The number of nitrogens with zero attached hydrogens (tertiary/aromatic N) is 1. The maximum atomic E-state index is 12.9. The van der Waals surface area contributed by atoms with Crippen LogP contribution in [-0.4, -0.2) is 36.0 Å². The fraction of sp³-hybridized carbons (Fsp3) is 0.333. The fourth-order valence-electron chi connectivity index (χ4n) is 2.64. The molecule has 0 aliphatic carbocycles. The highest BCUT2D eigenvalue weighted by atomic mass is 16.5. The van der Waals surface area contributed by atoms with E-state index in [1.165, 1.54) is 13.2 Å². The predicted molar refractivity (Wildman–Crippen MR) is 104 cm³/mol. The minimum absolute atomic E-state index is 0.190. The van der Waals surface area contributed by atoms with Gasteiger partial charge in [-0.1, -0.05) is 30.3 Å². The summed E-state index contributed by atoms with van der Waals surface area (Å²) in [4.78, 5) is 26.2. The van der Waals surface area contributed by atoms with E-state index in [1.54, 1.807) is 17.0 Å². The number of primary amides is 1. The van der Waals surface area contributed by atoms with Gasteiger partial charge in [0.05, 0.1) is 12.7 Å². The Morgan fingerprint density at radius 1 is 1.07 bits per heavy atom. The zero-order valence-corrected chi connectivity index (χ0v) is 16.2. The quantitative estimate of drug-likeness (QED) is 0.812. The van der Waals surface area contributed by atoms with Gasteiger partial charge in [0.1, 0.15) is 11.5 Å². The number of hydrogen-bond acceptors (Lipinski definition) is 4. The molecule has 0 fully saturated rings. The Kier molecular flexibility index (Phi) is 6.45. The Hall–Kier alpha value is -3.02. The molecule has 0 spiro atoms. The van der Waals surface area contributed by atoms with Crippen molar-refractivity contribution in [2.24, 2.45) is 5.73 Å². The Morgan fingerprint density at radius 3 is 2.30 bits per heavy atom. The average Bonchev–Trinajstić information content (AvgIpc) is 2.63. The van der Waals surface area contributed by atoms with Crippen LogP contribution in [0.25, 0.3) is 0 Å². The number of hydrogen-bond donors (Lipinski definition) is 1. The summed E-state index contributed by atoms with van der Waals surface area (Å²) < 4.78 is 10.8. The molecule has 6 heteroatoms. The third-order valence-corrected chi connectivity index (χ3v) is 4.10. The van der Waals surface area contributed by atoms with Crippen molar-refractivity contribution in [1.82, 2.24) is 4.90 Å². The highest BCUT2D eigenvalue weighted by molar-refractivity contribution is 5.96. The minimum Gasteiger partial charge on any atom is -0.497 e. The monoisotopic (exact) mass is 370 g/mol. The molecule has 0 atom stereocenters. The lowest BCUT2D eigenvalue weighted by Gasteiger charge is -2.36. The van der Waals surface area contributed by atoms with Crippen LogP contribution >= 0.6 is 0 Å². The van der Waals surface area contributed by atoms with Crippen LogP contribution in [0.15, 0.2) is 48.5 Å². The maximum absolute atomic E-state index is 12.9. The average molecular weight is 370 g/mol. The molecular weight excluding hydrogens is 344 g/mol. The van der Waals surface area contributed by atoms with E-state index in [1.807, 2.05) is 51.1 Å². The summed E-state index contributed by atoms with van der Waals surface area (Å²) in [7, 11) is 1.51. The van der Waals surface area contributed by atoms with E-state index < -0.39 is 11.4 Å². The molecule has 0 unspecified atom stereocenters. The summed E-state index contributed by atoms with van der Waals surface area (Å²) in [5.74, 6) is -0.0789. The van der Waals surface area contributed by atoms with Crippen molar-refractivity contribution >= 4 is 11.8 Å². The largest absolute Gasteiger partial charge is 0.497 e.